The Labute approximate surface area is 148 Å². The van der Waals surface area contributed by atoms with E-state index in [0.29, 0.717) is 17.9 Å². The Morgan fingerprint density at radius 1 is 1.29 bits per heavy atom. The molecule has 2 rings (SSSR count). The van der Waals surface area contributed by atoms with E-state index in [4.69, 9.17) is 17.3 Å². The number of halogens is 1. The smallest absolute Gasteiger partial charge is 0.305 e. The molecular formula is C17H25ClN4O2. The molecular weight excluding hydrogens is 328 g/mol. The summed E-state index contributed by atoms with van der Waals surface area (Å²) in [6, 6.07) is 7.90. The first-order chi connectivity index (χ1) is 11.5. The van der Waals surface area contributed by atoms with Gasteiger partial charge >= 0.3 is 5.97 Å². The van der Waals surface area contributed by atoms with Crippen LogP contribution in [0.1, 0.15) is 32.8 Å². The van der Waals surface area contributed by atoms with E-state index < -0.39 is 0 Å². The van der Waals surface area contributed by atoms with Crippen LogP contribution in [0.15, 0.2) is 30.5 Å². The number of nitrogens with one attached hydrogen (secondary N) is 1. The highest BCUT2D eigenvalue weighted by molar-refractivity contribution is 6.28. The molecule has 0 saturated heterocycles. The molecule has 1 aromatic heterocycles. The number of rotatable bonds is 3. The summed E-state index contributed by atoms with van der Waals surface area (Å²) in [7, 11) is 1.38. The van der Waals surface area contributed by atoms with E-state index in [1.807, 2.05) is 45.0 Å². The van der Waals surface area contributed by atoms with E-state index >= 15 is 0 Å². The van der Waals surface area contributed by atoms with Crippen molar-refractivity contribution >= 4 is 34.8 Å². The molecule has 0 fully saturated rings. The predicted molar refractivity (Wildman–Crippen MR) is 99.6 cm³/mol. The maximum absolute atomic E-state index is 9.96. The number of anilines is 3. The summed E-state index contributed by atoms with van der Waals surface area (Å²) in [6.07, 6.45) is 1.95. The fourth-order valence-corrected chi connectivity index (χ4v) is 1.52. The highest BCUT2D eigenvalue weighted by Gasteiger charge is 2.03. The van der Waals surface area contributed by atoms with Gasteiger partial charge < -0.3 is 15.8 Å². The fourth-order valence-electron chi connectivity index (χ4n) is 1.39. The number of benzene rings is 1. The third kappa shape index (κ3) is 8.33. The average Bonchev–Trinajstić information content (AvgIpc) is 2.61. The first-order valence-corrected chi connectivity index (χ1v) is 8.02. The van der Waals surface area contributed by atoms with Crippen LogP contribution in [0.3, 0.4) is 0 Å². The number of ether oxygens (including phenoxy) is 1. The Balaban J connectivity index is 0.000000563. The molecule has 0 spiro atoms. The second kappa shape index (κ2) is 12.1. The molecule has 132 valence electrons. The van der Waals surface area contributed by atoms with Crippen molar-refractivity contribution in [3.63, 3.8) is 0 Å². The molecule has 7 heteroatoms. The van der Waals surface area contributed by atoms with Crippen molar-refractivity contribution in [2.24, 2.45) is 0 Å². The number of aryl methyl sites for hydroxylation is 1. The molecule has 0 atom stereocenters. The minimum Gasteiger partial charge on any atom is -0.469 e. The Kier molecular flexibility index (Phi) is 10.9. The lowest BCUT2D eigenvalue weighted by atomic mass is 10.2. The van der Waals surface area contributed by atoms with Crippen LogP contribution in [0.4, 0.5) is 17.2 Å². The van der Waals surface area contributed by atoms with Crippen molar-refractivity contribution in [3.05, 3.63) is 41.3 Å². The van der Waals surface area contributed by atoms with Crippen molar-refractivity contribution in [1.29, 1.82) is 0 Å². The maximum Gasteiger partial charge on any atom is 0.305 e. The first-order valence-electron chi connectivity index (χ1n) is 7.64. The summed E-state index contributed by atoms with van der Waals surface area (Å²) in [5, 5.41) is 3.25. The summed E-state index contributed by atoms with van der Waals surface area (Å²) in [5.41, 5.74) is 8.29. The lowest BCUT2D eigenvalue weighted by molar-refractivity contribution is -0.140. The maximum atomic E-state index is 9.96. The van der Waals surface area contributed by atoms with Gasteiger partial charge in [0.2, 0.25) is 5.28 Å². The zero-order valence-electron chi connectivity index (χ0n) is 14.8. The van der Waals surface area contributed by atoms with E-state index in [2.05, 4.69) is 20.0 Å². The molecule has 0 unspecified atom stereocenters. The number of hydrogen-bond acceptors (Lipinski definition) is 6. The highest BCUT2D eigenvalue weighted by atomic mass is 35.5. The normalized spacial score (nSPS) is 8.92. The number of hydrogen-bond donors (Lipinski definition) is 2. The summed E-state index contributed by atoms with van der Waals surface area (Å²) >= 11 is 5.69. The lowest BCUT2D eigenvalue weighted by Crippen LogP contribution is -2.00. The summed E-state index contributed by atoms with van der Waals surface area (Å²) in [5.74, 6) is 0.360. The van der Waals surface area contributed by atoms with Gasteiger partial charge in [-0.05, 0) is 30.7 Å². The van der Waals surface area contributed by atoms with Crippen molar-refractivity contribution in [2.45, 2.75) is 34.1 Å². The third-order valence-electron chi connectivity index (χ3n) is 2.62. The minimum atomic E-state index is -0.157. The van der Waals surface area contributed by atoms with Crippen LogP contribution in [0.5, 0.6) is 0 Å². The van der Waals surface area contributed by atoms with Crippen LogP contribution in [0, 0.1) is 6.92 Å². The second-order valence-electron chi connectivity index (χ2n) is 4.36. The van der Waals surface area contributed by atoms with Gasteiger partial charge in [0.05, 0.1) is 19.0 Å². The number of nitrogens with zero attached hydrogens (tertiary/aromatic N) is 2. The van der Waals surface area contributed by atoms with Gasteiger partial charge in [0.25, 0.3) is 0 Å². The molecule has 0 saturated carbocycles. The quantitative estimate of drug-likeness (QED) is 0.630. The van der Waals surface area contributed by atoms with Gasteiger partial charge in [-0.15, -0.1) is 0 Å². The monoisotopic (exact) mass is 352 g/mol. The largest absolute Gasteiger partial charge is 0.469 e. The molecule has 0 radical (unpaired) electrons. The van der Waals surface area contributed by atoms with Crippen LogP contribution in [0.2, 0.25) is 5.28 Å². The minimum absolute atomic E-state index is 0.157. The number of carbonyl (C=O) groups excluding carboxylic acids is 1. The fraction of sp³-hybridized carbons (Fsp3) is 0.353. The van der Waals surface area contributed by atoms with Crippen LogP contribution >= 0.6 is 11.6 Å². The SMILES string of the molecule is CC.CCC(=O)OC.Cc1ccc(Nc2nc(Cl)ncc2N)cc1. The molecule has 3 N–H and O–H groups in total. The van der Waals surface area contributed by atoms with Crippen molar-refractivity contribution in [3.8, 4) is 0 Å². The van der Waals surface area contributed by atoms with Crippen LogP contribution in [-0.4, -0.2) is 23.0 Å². The number of carbonyl (C=O) groups is 1. The van der Waals surface area contributed by atoms with E-state index in [1.165, 1.54) is 18.9 Å². The molecule has 1 heterocycles. The number of esters is 1. The van der Waals surface area contributed by atoms with Gasteiger partial charge in [-0.1, -0.05) is 38.5 Å². The topological polar surface area (TPSA) is 90.1 Å². The molecule has 0 bridgehead atoms. The van der Waals surface area contributed by atoms with Crippen LogP contribution in [0.25, 0.3) is 0 Å². The molecule has 0 aliphatic heterocycles. The number of methoxy groups -OCH3 is 1. The summed E-state index contributed by atoms with van der Waals surface area (Å²) in [4.78, 5) is 17.8. The van der Waals surface area contributed by atoms with Gasteiger partial charge in [-0.2, -0.15) is 4.98 Å². The Morgan fingerprint density at radius 3 is 2.33 bits per heavy atom. The molecule has 0 aliphatic carbocycles. The lowest BCUT2D eigenvalue weighted by Gasteiger charge is -2.07. The van der Waals surface area contributed by atoms with Gasteiger partial charge in [-0.25, -0.2) is 4.98 Å². The summed E-state index contributed by atoms with van der Waals surface area (Å²) in [6.45, 7) is 7.78. The van der Waals surface area contributed by atoms with Gasteiger partial charge in [0.1, 0.15) is 0 Å². The summed E-state index contributed by atoms with van der Waals surface area (Å²) < 4.78 is 4.26. The molecule has 0 amide bonds. The standard InChI is InChI=1S/C11H11ClN4.C4H8O2.C2H6/c1-7-2-4-8(5-3-7)15-10-9(13)6-14-11(12)16-10;1-3-4(5)6-2;1-2/h2-6H,13H2,1H3,(H,14,15,16);3H2,1-2H3;1-2H3. The molecule has 2 aromatic rings. The second-order valence-corrected chi connectivity index (χ2v) is 4.70. The number of nitrogen functional groups attached to an aromatic ring is 1. The van der Waals surface area contributed by atoms with Crippen molar-refractivity contribution in [2.75, 3.05) is 18.2 Å². The van der Waals surface area contributed by atoms with Crippen molar-refractivity contribution in [1.82, 2.24) is 9.97 Å². The van der Waals surface area contributed by atoms with Gasteiger partial charge in [0, 0.05) is 12.1 Å². The van der Waals surface area contributed by atoms with Crippen molar-refractivity contribution < 1.29 is 9.53 Å². The van der Waals surface area contributed by atoms with Crippen LogP contribution in [-0.2, 0) is 9.53 Å². The van der Waals surface area contributed by atoms with Crippen LogP contribution < -0.4 is 11.1 Å². The molecule has 6 nitrogen and oxygen atoms in total. The van der Waals surface area contributed by atoms with E-state index in [9.17, 15) is 4.79 Å². The number of nitrogens with two attached hydrogens (primary N) is 1. The van der Waals surface area contributed by atoms with Gasteiger partial charge in [-0.3, -0.25) is 4.79 Å². The van der Waals surface area contributed by atoms with E-state index in [-0.39, 0.29) is 11.3 Å². The zero-order chi connectivity index (χ0) is 18.5. The Hall–Kier alpha value is -2.34. The Morgan fingerprint density at radius 2 is 1.88 bits per heavy atom. The van der Waals surface area contributed by atoms with E-state index in [0.717, 1.165) is 5.69 Å². The first kappa shape index (κ1) is 21.7. The highest BCUT2D eigenvalue weighted by Crippen LogP contribution is 2.21. The van der Waals surface area contributed by atoms with E-state index in [1.54, 1.807) is 6.92 Å². The molecule has 0 aliphatic rings. The third-order valence-corrected chi connectivity index (χ3v) is 2.80. The molecule has 24 heavy (non-hydrogen) atoms. The average molecular weight is 353 g/mol. The number of aromatic nitrogens is 2. The molecule has 1 aromatic carbocycles. The predicted octanol–water partition coefficient (Wildman–Crippen LogP) is 4.36. The Bertz CT molecular complexity index is 612. The van der Waals surface area contributed by atoms with Gasteiger partial charge in [0.15, 0.2) is 5.82 Å². The zero-order valence-corrected chi connectivity index (χ0v) is 15.5.